The van der Waals surface area contributed by atoms with Crippen LogP contribution in [0.15, 0.2) is 30.7 Å². The van der Waals surface area contributed by atoms with Gasteiger partial charge >= 0.3 is 0 Å². The molecule has 5 heteroatoms. The Morgan fingerprint density at radius 2 is 2.25 bits per heavy atom. The summed E-state index contributed by atoms with van der Waals surface area (Å²) >= 11 is 5.67. The van der Waals surface area contributed by atoms with Crippen LogP contribution in [-0.4, -0.2) is 9.55 Å². The summed E-state index contributed by atoms with van der Waals surface area (Å²) in [6, 6.07) is 3.87. The normalized spacial score (nSPS) is 12.8. The molecule has 0 aliphatic carbocycles. The van der Waals surface area contributed by atoms with Crippen LogP contribution >= 0.6 is 11.6 Å². The van der Waals surface area contributed by atoms with Crippen LogP contribution in [0.25, 0.3) is 0 Å². The van der Waals surface area contributed by atoms with E-state index in [0.29, 0.717) is 16.3 Å². The fourth-order valence-electron chi connectivity index (χ4n) is 1.51. The number of hydrogen-bond donors (Lipinski definition) is 1. The number of hydrogen-bond acceptors (Lipinski definition) is 2. The Morgan fingerprint density at radius 3 is 2.81 bits per heavy atom. The van der Waals surface area contributed by atoms with E-state index in [1.165, 1.54) is 6.07 Å². The van der Waals surface area contributed by atoms with E-state index in [1.807, 2.05) is 7.05 Å². The third-order valence-corrected chi connectivity index (χ3v) is 2.58. The maximum Gasteiger partial charge on any atom is 0.129 e. The molecule has 0 saturated carbocycles. The highest BCUT2D eigenvalue weighted by molar-refractivity contribution is 6.30. The van der Waals surface area contributed by atoms with Crippen LogP contribution in [0.1, 0.15) is 17.3 Å². The molecule has 0 amide bonds. The first kappa shape index (κ1) is 11.1. The van der Waals surface area contributed by atoms with Crippen molar-refractivity contribution >= 4 is 11.6 Å². The highest BCUT2D eigenvalue weighted by atomic mass is 35.5. The van der Waals surface area contributed by atoms with Crippen molar-refractivity contribution in [1.82, 2.24) is 9.55 Å². The Balaban J connectivity index is 2.37. The second-order valence-electron chi connectivity index (χ2n) is 3.61. The summed E-state index contributed by atoms with van der Waals surface area (Å²) in [7, 11) is 1.83. The Morgan fingerprint density at radius 1 is 1.50 bits per heavy atom. The molecule has 1 atom stereocenters. The minimum Gasteiger partial charge on any atom is -0.340 e. The average Bonchev–Trinajstić information content (AvgIpc) is 2.64. The quantitative estimate of drug-likeness (QED) is 0.874. The molecule has 3 nitrogen and oxygen atoms in total. The summed E-state index contributed by atoms with van der Waals surface area (Å²) in [5.74, 6) is -0.411. The van der Waals surface area contributed by atoms with Crippen molar-refractivity contribution in [3.63, 3.8) is 0 Å². The van der Waals surface area contributed by atoms with Gasteiger partial charge < -0.3 is 10.3 Å². The number of aryl methyl sites for hydroxylation is 1. The predicted molar refractivity (Wildman–Crippen MR) is 60.6 cm³/mol. The predicted octanol–water partition coefficient (Wildman–Crippen LogP) is 2.26. The summed E-state index contributed by atoms with van der Waals surface area (Å²) < 4.78 is 15.4. The van der Waals surface area contributed by atoms with Gasteiger partial charge in [0.25, 0.3) is 0 Å². The van der Waals surface area contributed by atoms with Gasteiger partial charge in [0.15, 0.2) is 0 Å². The van der Waals surface area contributed by atoms with Crippen molar-refractivity contribution < 1.29 is 4.39 Å². The van der Waals surface area contributed by atoms with Gasteiger partial charge in [0, 0.05) is 23.8 Å². The molecule has 0 aliphatic heterocycles. The molecule has 0 spiro atoms. The fourth-order valence-corrected chi connectivity index (χ4v) is 1.67. The molecular weight excluding hydrogens is 229 g/mol. The van der Waals surface area contributed by atoms with Gasteiger partial charge in [-0.2, -0.15) is 0 Å². The molecule has 0 radical (unpaired) electrons. The average molecular weight is 240 g/mol. The highest BCUT2D eigenvalue weighted by Gasteiger charge is 2.15. The van der Waals surface area contributed by atoms with Crippen LogP contribution < -0.4 is 5.73 Å². The van der Waals surface area contributed by atoms with Crippen molar-refractivity contribution in [1.29, 1.82) is 0 Å². The fraction of sp³-hybridized carbons (Fsp3) is 0.182. The molecule has 1 heterocycles. The summed E-state index contributed by atoms with van der Waals surface area (Å²) in [6.07, 6.45) is 3.39. The van der Waals surface area contributed by atoms with Crippen LogP contribution in [0, 0.1) is 5.82 Å². The number of halogens is 2. The van der Waals surface area contributed by atoms with Crippen molar-refractivity contribution in [3.05, 3.63) is 52.8 Å². The lowest BCUT2D eigenvalue weighted by atomic mass is 10.0. The van der Waals surface area contributed by atoms with Crippen molar-refractivity contribution in [3.8, 4) is 0 Å². The first-order valence-corrected chi connectivity index (χ1v) is 5.14. The van der Waals surface area contributed by atoms with E-state index < -0.39 is 11.9 Å². The third-order valence-electron chi connectivity index (χ3n) is 2.34. The maximum atomic E-state index is 13.6. The van der Waals surface area contributed by atoms with E-state index in [1.54, 1.807) is 29.2 Å². The van der Waals surface area contributed by atoms with Crippen molar-refractivity contribution in [2.45, 2.75) is 6.04 Å². The second-order valence-corrected chi connectivity index (χ2v) is 4.04. The van der Waals surface area contributed by atoms with E-state index in [-0.39, 0.29) is 0 Å². The molecule has 0 aliphatic rings. The topological polar surface area (TPSA) is 43.8 Å². The number of imidazole rings is 1. The molecule has 0 saturated heterocycles. The van der Waals surface area contributed by atoms with Gasteiger partial charge in [0.2, 0.25) is 0 Å². The summed E-state index contributed by atoms with van der Waals surface area (Å²) in [4.78, 5) is 4.09. The van der Waals surface area contributed by atoms with Crippen molar-refractivity contribution in [2.75, 3.05) is 0 Å². The largest absolute Gasteiger partial charge is 0.340 e. The van der Waals surface area contributed by atoms with Gasteiger partial charge in [-0.15, -0.1) is 0 Å². The van der Waals surface area contributed by atoms with Gasteiger partial charge in [-0.3, -0.25) is 0 Å². The van der Waals surface area contributed by atoms with Crippen LogP contribution in [0.3, 0.4) is 0 Å². The number of rotatable bonds is 2. The Labute approximate surface area is 97.7 Å². The number of aromatic nitrogens is 2. The van der Waals surface area contributed by atoms with Crippen molar-refractivity contribution in [2.24, 2.45) is 12.8 Å². The molecule has 0 fully saturated rings. The van der Waals surface area contributed by atoms with Gasteiger partial charge in [-0.25, -0.2) is 9.37 Å². The zero-order chi connectivity index (χ0) is 11.7. The monoisotopic (exact) mass is 239 g/mol. The van der Waals surface area contributed by atoms with E-state index in [2.05, 4.69) is 4.98 Å². The van der Waals surface area contributed by atoms with Crippen LogP contribution in [-0.2, 0) is 7.05 Å². The molecule has 1 aromatic carbocycles. The zero-order valence-corrected chi connectivity index (χ0v) is 9.45. The Kier molecular flexibility index (Phi) is 2.94. The van der Waals surface area contributed by atoms with E-state index in [0.717, 1.165) is 0 Å². The molecule has 2 N–H and O–H groups in total. The minimum absolute atomic E-state index is 0.356. The third kappa shape index (κ3) is 2.08. The Bertz CT molecular complexity index is 510. The number of nitrogens with two attached hydrogens (primary N) is 1. The molecule has 0 bridgehead atoms. The lowest BCUT2D eigenvalue weighted by molar-refractivity contribution is 0.597. The molecule has 1 unspecified atom stereocenters. The molecular formula is C11H11ClFN3. The van der Waals surface area contributed by atoms with Crippen LogP contribution in [0.5, 0.6) is 0 Å². The summed E-state index contributed by atoms with van der Waals surface area (Å²) in [5, 5.41) is 0.356. The lowest BCUT2D eigenvalue weighted by Gasteiger charge is -2.10. The van der Waals surface area contributed by atoms with Gasteiger partial charge in [0.1, 0.15) is 5.82 Å². The maximum absolute atomic E-state index is 13.6. The molecule has 2 aromatic rings. The zero-order valence-electron chi connectivity index (χ0n) is 8.69. The SMILES string of the molecule is Cn1cnc(C(N)c2ccc(Cl)cc2F)c1. The summed E-state index contributed by atoms with van der Waals surface area (Å²) in [5.41, 5.74) is 6.94. The standard InChI is InChI=1S/C11H11ClFN3/c1-16-5-10(15-6-16)11(14)8-3-2-7(12)4-9(8)13/h2-6,11H,14H2,1H3. The minimum atomic E-state index is -0.571. The Hall–Kier alpha value is -1.39. The van der Waals surface area contributed by atoms with E-state index in [9.17, 15) is 4.39 Å². The second kappa shape index (κ2) is 4.23. The lowest BCUT2D eigenvalue weighted by Crippen LogP contribution is -2.14. The number of nitrogens with zero attached hydrogens (tertiary/aromatic N) is 2. The van der Waals surface area contributed by atoms with E-state index in [4.69, 9.17) is 17.3 Å². The van der Waals surface area contributed by atoms with Crippen LogP contribution in [0.2, 0.25) is 5.02 Å². The van der Waals surface area contributed by atoms with E-state index >= 15 is 0 Å². The molecule has 16 heavy (non-hydrogen) atoms. The first-order chi connectivity index (χ1) is 7.58. The summed E-state index contributed by atoms with van der Waals surface area (Å²) in [6.45, 7) is 0. The smallest absolute Gasteiger partial charge is 0.129 e. The number of benzene rings is 1. The molecule has 1 aromatic heterocycles. The van der Waals surface area contributed by atoms with Gasteiger partial charge in [-0.1, -0.05) is 17.7 Å². The van der Waals surface area contributed by atoms with Crippen LogP contribution in [0.4, 0.5) is 4.39 Å². The highest BCUT2D eigenvalue weighted by Crippen LogP contribution is 2.23. The molecule has 2 rings (SSSR count). The van der Waals surface area contributed by atoms with Gasteiger partial charge in [0.05, 0.1) is 18.1 Å². The van der Waals surface area contributed by atoms with Gasteiger partial charge in [-0.05, 0) is 12.1 Å². The first-order valence-electron chi connectivity index (χ1n) is 4.76. The molecule has 84 valence electrons.